The molecule has 0 radical (unpaired) electrons. The Morgan fingerprint density at radius 3 is 3.08 bits per heavy atom. The van der Waals surface area contributed by atoms with Gasteiger partial charge in [0.15, 0.2) is 5.71 Å². The lowest BCUT2D eigenvalue weighted by Gasteiger charge is -2.02. The van der Waals surface area contributed by atoms with Gasteiger partial charge < -0.3 is 4.74 Å². The summed E-state index contributed by atoms with van der Waals surface area (Å²) in [5, 5.41) is 0. The molecular formula is C7H8N2O3. The molecule has 5 heteroatoms. The van der Waals surface area contributed by atoms with E-state index in [1.807, 2.05) is 0 Å². The summed E-state index contributed by atoms with van der Waals surface area (Å²) in [7, 11) is 0. The Morgan fingerprint density at radius 1 is 1.75 bits per heavy atom. The summed E-state index contributed by atoms with van der Waals surface area (Å²) in [6.07, 6.45) is 1.25. The standard InChI is InChI=1S/C7H8N2O3/c1-2-12-7(11)5-3-8-4-6(10)9-5/h3H,2,4H2,1H3. The molecule has 5 nitrogen and oxygen atoms in total. The van der Waals surface area contributed by atoms with Crippen LogP contribution in [0, 0.1) is 0 Å². The first-order valence-corrected chi connectivity index (χ1v) is 3.52. The van der Waals surface area contributed by atoms with Crippen molar-refractivity contribution in [1.82, 2.24) is 0 Å². The number of carbonyl (C=O) groups excluding carboxylic acids is 2. The molecule has 1 aliphatic heterocycles. The van der Waals surface area contributed by atoms with Crippen molar-refractivity contribution >= 4 is 23.8 Å². The topological polar surface area (TPSA) is 68.1 Å². The molecule has 0 unspecified atom stereocenters. The predicted molar refractivity (Wildman–Crippen MR) is 42.4 cm³/mol. The summed E-state index contributed by atoms with van der Waals surface area (Å²) < 4.78 is 4.62. The van der Waals surface area contributed by atoms with Crippen LogP contribution in [0.3, 0.4) is 0 Å². The van der Waals surface area contributed by atoms with Gasteiger partial charge in [-0.2, -0.15) is 0 Å². The fraction of sp³-hybridized carbons (Fsp3) is 0.429. The Morgan fingerprint density at radius 2 is 2.50 bits per heavy atom. The molecule has 0 N–H and O–H groups in total. The zero-order valence-electron chi connectivity index (χ0n) is 6.61. The number of ether oxygens (including phenoxy) is 1. The first kappa shape index (κ1) is 8.58. The van der Waals surface area contributed by atoms with Crippen LogP contribution in [0.25, 0.3) is 0 Å². The Bertz CT molecular complexity index is 268. The third kappa shape index (κ3) is 1.98. The lowest BCUT2D eigenvalue weighted by Crippen LogP contribution is -2.24. The summed E-state index contributed by atoms with van der Waals surface area (Å²) in [5.74, 6) is -1.02. The normalized spacial score (nSPS) is 15.8. The molecule has 0 fully saturated rings. The van der Waals surface area contributed by atoms with Crippen LogP contribution in [0.1, 0.15) is 6.92 Å². The van der Waals surface area contributed by atoms with Crippen LogP contribution < -0.4 is 0 Å². The van der Waals surface area contributed by atoms with Gasteiger partial charge >= 0.3 is 5.97 Å². The highest BCUT2D eigenvalue weighted by atomic mass is 16.5. The average molecular weight is 168 g/mol. The number of aliphatic imine (C=N–C) groups is 2. The number of nitrogens with zero attached hydrogens (tertiary/aromatic N) is 2. The SMILES string of the molecule is CCOC(=O)C1=NC(=O)CN=C1. The largest absolute Gasteiger partial charge is 0.461 e. The Kier molecular flexibility index (Phi) is 2.68. The third-order valence-electron chi connectivity index (χ3n) is 1.17. The highest BCUT2D eigenvalue weighted by molar-refractivity contribution is 6.60. The number of rotatable bonds is 2. The van der Waals surface area contributed by atoms with Crippen molar-refractivity contribution in [3.63, 3.8) is 0 Å². The second kappa shape index (κ2) is 3.75. The van der Waals surface area contributed by atoms with Crippen molar-refractivity contribution in [1.29, 1.82) is 0 Å². The zero-order chi connectivity index (χ0) is 8.97. The van der Waals surface area contributed by atoms with Crippen LogP contribution in [-0.4, -0.2) is 37.0 Å². The molecule has 0 aromatic rings. The van der Waals surface area contributed by atoms with Crippen LogP contribution in [0.15, 0.2) is 9.98 Å². The van der Waals surface area contributed by atoms with Gasteiger partial charge in [0, 0.05) is 0 Å². The number of carbonyl (C=O) groups is 2. The van der Waals surface area contributed by atoms with Gasteiger partial charge in [-0.25, -0.2) is 9.79 Å². The number of hydrogen-bond donors (Lipinski definition) is 0. The van der Waals surface area contributed by atoms with Gasteiger partial charge in [-0.05, 0) is 6.92 Å². The van der Waals surface area contributed by atoms with Gasteiger partial charge in [-0.1, -0.05) is 0 Å². The van der Waals surface area contributed by atoms with E-state index in [9.17, 15) is 9.59 Å². The fourth-order valence-corrected chi connectivity index (χ4v) is 0.712. The van der Waals surface area contributed by atoms with E-state index < -0.39 is 11.9 Å². The molecule has 1 rings (SSSR count). The maximum atomic E-state index is 10.9. The van der Waals surface area contributed by atoms with Gasteiger partial charge in [0.2, 0.25) is 0 Å². The van der Waals surface area contributed by atoms with E-state index >= 15 is 0 Å². The summed E-state index contributed by atoms with van der Waals surface area (Å²) in [6.45, 7) is 1.96. The Hall–Kier alpha value is -1.52. The number of hydrogen-bond acceptors (Lipinski definition) is 4. The second-order valence-electron chi connectivity index (χ2n) is 2.08. The van der Waals surface area contributed by atoms with Crippen LogP contribution in [0.2, 0.25) is 0 Å². The first-order chi connectivity index (χ1) is 5.74. The second-order valence-corrected chi connectivity index (χ2v) is 2.08. The van der Waals surface area contributed by atoms with Crippen molar-refractivity contribution in [2.75, 3.05) is 13.2 Å². The van der Waals surface area contributed by atoms with Gasteiger partial charge in [0.1, 0.15) is 6.54 Å². The third-order valence-corrected chi connectivity index (χ3v) is 1.17. The highest BCUT2D eigenvalue weighted by Crippen LogP contribution is 1.91. The van der Waals surface area contributed by atoms with E-state index in [-0.39, 0.29) is 18.9 Å². The van der Waals surface area contributed by atoms with Gasteiger partial charge in [-0.15, -0.1) is 0 Å². The Balaban J connectivity index is 2.68. The molecule has 0 atom stereocenters. The minimum absolute atomic E-state index is 0.0168. The minimum Gasteiger partial charge on any atom is -0.461 e. The first-order valence-electron chi connectivity index (χ1n) is 3.52. The number of amides is 1. The molecule has 0 aromatic heterocycles. The van der Waals surface area contributed by atoms with Crippen molar-refractivity contribution in [2.45, 2.75) is 6.92 Å². The zero-order valence-corrected chi connectivity index (χ0v) is 6.61. The van der Waals surface area contributed by atoms with Crippen LogP contribution in [0.5, 0.6) is 0 Å². The molecule has 0 saturated carbocycles. The lowest BCUT2D eigenvalue weighted by molar-refractivity contribution is -0.135. The van der Waals surface area contributed by atoms with E-state index in [1.165, 1.54) is 6.21 Å². The van der Waals surface area contributed by atoms with E-state index in [1.54, 1.807) is 6.92 Å². The summed E-state index contributed by atoms with van der Waals surface area (Å²) in [4.78, 5) is 28.7. The van der Waals surface area contributed by atoms with Crippen molar-refractivity contribution in [3.05, 3.63) is 0 Å². The molecule has 12 heavy (non-hydrogen) atoms. The molecule has 0 spiro atoms. The molecule has 1 heterocycles. The average Bonchev–Trinajstić information content (AvgIpc) is 2.05. The minimum atomic E-state index is -0.602. The lowest BCUT2D eigenvalue weighted by atomic mass is 10.3. The van der Waals surface area contributed by atoms with Crippen LogP contribution in [-0.2, 0) is 14.3 Å². The highest BCUT2D eigenvalue weighted by Gasteiger charge is 2.15. The van der Waals surface area contributed by atoms with Crippen molar-refractivity contribution in [2.24, 2.45) is 9.98 Å². The van der Waals surface area contributed by atoms with E-state index in [4.69, 9.17) is 0 Å². The summed E-state index contributed by atoms with van der Waals surface area (Å²) in [5.41, 5.74) is -0.0203. The molecule has 0 bridgehead atoms. The molecular weight excluding hydrogens is 160 g/mol. The number of esters is 1. The molecule has 1 aliphatic rings. The van der Waals surface area contributed by atoms with Gasteiger partial charge in [0.25, 0.3) is 5.91 Å². The smallest absolute Gasteiger partial charge is 0.358 e. The van der Waals surface area contributed by atoms with E-state index in [2.05, 4.69) is 14.7 Å². The van der Waals surface area contributed by atoms with E-state index in [0.29, 0.717) is 0 Å². The molecule has 0 aliphatic carbocycles. The molecule has 64 valence electrons. The quantitative estimate of drug-likeness (QED) is 0.527. The molecule has 0 saturated heterocycles. The van der Waals surface area contributed by atoms with Gasteiger partial charge in [0.05, 0.1) is 12.8 Å². The maximum absolute atomic E-state index is 10.9. The summed E-state index contributed by atoms with van der Waals surface area (Å²) in [6, 6.07) is 0. The van der Waals surface area contributed by atoms with Crippen molar-refractivity contribution < 1.29 is 14.3 Å². The molecule has 1 amide bonds. The van der Waals surface area contributed by atoms with Crippen LogP contribution in [0.4, 0.5) is 0 Å². The monoisotopic (exact) mass is 168 g/mol. The Labute approximate surface area is 69.2 Å². The predicted octanol–water partition coefficient (Wildman–Crippen LogP) is -0.399. The van der Waals surface area contributed by atoms with Crippen LogP contribution >= 0.6 is 0 Å². The van der Waals surface area contributed by atoms with Gasteiger partial charge in [-0.3, -0.25) is 9.79 Å². The molecule has 0 aromatic carbocycles. The maximum Gasteiger partial charge on any atom is 0.358 e. The van der Waals surface area contributed by atoms with Crippen molar-refractivity contribution in [3.8, 4) is 0 Å². The summed E-state index contributed by atoms with van der Waals surface area (Å²) >= 11 is 0. The fourth-order valence-electron chi connectivity index (χ4n) is 0.712. The van der Waals surface area contributed by atoms with E-state index in [0.717, 1.165) is 0 Å².